The number of nitrogens with two attached hydrogens (primary N) is 1. The lowest BCUT2D eigenvalue weighted by atomic mass is 10.2. The number of carbonyl (C=O) groups excluding carboxylic acids is 1. The van der Waals surface area contributed by atoms with Crippen LogP contribution in [0.4, 0.5) is 0 Å². The highest BCUT2D eigenvalue weighted by molar-refractivity contribution is 7.13. The third-order valence-electron chi connectivity index (χ3n) is 4.69. The molecule has 3 aromatic heterocycles. The summed E-state index contributed by atoms with van der Waals surface area (Å²) in [5, 5.41) is 2.97. The summed E-state index contributed by atoms with van der Waals surface area (Å²) >= 11 is 1.59. The van der Waals surface area contributed by atoms with E-state index < -0.39 is 0 Å². The Hall–Kier alpha value is -2.47. The van der Waals surface area contributed by atoms with Crippen LogP contribution in [0.1, 0.15) is 34.6 Å². The number of hydrogen-bond acceptors (Lipinski definition) is 4. The summed E-state index contributed by atoms with van der Waals surface area (Å²) in [5.74, 6) is 0.316. The minimum atomic E-state index is -0.383. The first-order chi connectivity index (χ1) is 12.0. The van der Waals surface area contributed by atoms with E-state index >= 15 is 0 Å². The molecule has 0 atom stereocenters. The Morgan fingerprint density at radius 3 is 2.80 bits per heavy atom. The minimum absolute atomic E-state index is 0.383. The Labute approximate surface area is 150 Å². The van der Waals surface area contributed by atoms with Crippen LogP contribution in [0.2, 0.25) is 0 Å². The van der Waals surface area contributed by atoms with Crippen LogP contribution in [0.15, 0.2) is 29.8 Å². The highest BCUT2D eigenvalue weighted by Gasteiger charge is 2.26. The first kappa shape index (κ1) is 16.0. The van der Waals surface area contributed by atoms with Gasteiger partial charge >= 0.3 is 0 Å². The quantitative estimate of drug-likeness (QED) is 0.759. The van der Waals surface area contributed by atoms with Crippen molar-refractivity contribution in [2.24, 2.45) is 11.7 Å². The van der Waals surface area contributed by atoms with Gasteiger partial charge in [-0.2, -0.15) is 0 Å². The summed E-state index contributed by atoms with van der Waals surface area (Å²) in [6, 6.07) is 5.90. The fourth-order valence-corrected chi connectivity index (χ4v) is 3.82. The second-order valence-electron chi connectivity index (χ2n) is 6.67. The third kappa shape index (κ3) is 3.09. The first-order valence-corrected chi connectivity index (χ1v) is 9.29. The molecule has 0 bridgehead atoms. The molecule has 1 amide bonds. The van der Waals surface area contributed by atoms with Gasteiger partial charge in [0, 0.05) is 35.1 Å². The zero-order chi connectivity index (χ0) is 17.6. The SMILES string of the molecule is Cc1ccc(-c2nc(-c3cc(C(N)=O)c(C)n3CC3CC3)cs2)cn1. The molecule has 1 fully saturated rings. The number of thiazole rings is 1. The van der Waals surface area contributed by atoms with Gasteiger partial charge in [-0.3, -0.25) is 9.78 Å². The van der Waals surface area contributed by atoms with Crippen LogP contribution in [0.3, 0.4) is 0 Å². The fourth-order valence-electron chi connectivity index (χ4n) is 3.02. The zero-order valence-electron chi connectivity index (χ0n) is 14.3. The summed E-state index contributed by atoms with van der Waals surface area (Å²) in [6.07, 6.45) is 4.35. The molecule has 1 saturated carbocycles. The van der Waals surface area contributed by atoms with Gasteiger partial charge in [-0.1, -0.05) is 0 Å². The summed E-state index contributed by atoms with van der Waals surface area (Å²) in [7, 11) is 0. The van der Waals surface area contributed by atoms with Crippen LogP contribution in [0, 0.1) is 19.8 Å². The predicted octanol–water partition coefficient (Wildman–Crippen LogP) is 3.80. The van der Waals surface area contributed by atoms with Gasteiger partial charge in [-0.15, -0.1) is 11.3 Å². The standard InChI is InChI=1S/C19H20N4OS/c1-11-3-6-14(8-21-11)19-22-16(10-25-19)17-7-15(18(20)24)12(2)23(17)9-13-4-5-13/h3,6-8,10,13H,4-5,9H2,1-2H3,(H2,20,24). The number of pyridine rings is 1. The van der Waals surface area contributed by atoms with Crippen LogP contribution < -0.4 is 5.73 Å². The maximum absolute atomic E-state index is 11.8. The van der Waals surface area contributed by atoms with E-state index in [4.69, 9.17) is 10.7 Å². The van der Waals surface area contributed by atoms with Crippen molar-refractivity contribution in [1.29, 1.82) is 0 Å². The monoisotopic (exact) mass is 352 g/mol. The molecule has 5 nitrogen and oxygen atoms in total. The van der Waals surface area contributed by atoms with Gasteiger partial charge in [-0.05, 0) is 50.8 Å². The Kier molecular flexibility index (Phi) is 3.92. The van der Waals surface area contributed by atoms with Gasteiger partial charge in [0.15, 0.2) is 0 Å². The summed E-state index contributed by atoms with van der Waals surface area (Å²) in [4.78, 5) is 20.9. The molecular weight excluding hydrogens is 332 g/mol. The van der Waals surface area contributed by atoms with Crippen molar-refractivity contribution in [3.05, 3.63) is 46.7 Å². The van der Waals surface area contributed by atoms with E-state index in [-0.39, 0.29) is 5.91 Å². The molecule has 0 aliphatic heterocycles. The molecule has 3 aromatic rings. The molecule has 0 saturated heterocycles. The Morgan fingerprint density at radius 1 is 1.36 bits per heavy atom. The minimum Gasteiger partial charge on any atom is -0.366 e. The van der Waals surface area contributed by atoms with E-state index in [1.807, 2.05) is 43.6 Å². The van der Waals surface area contributed by atoms with Crippen molar-refractivity contribution in [1.82, 2.24) is 14.5 Å². The molecule has 128 valence electrons. The van der Waals surface area contributed by atoms with Gasteiger partial charge in [0.2, 0.25) is 0 Å². The smallest absolute Gasteiger partial charge is 0.250 e. The molecule has 0 unspecified atom stereocenters. The lowest BCUT2D eigenvalue weighted by Crippen LogP contribution is -2.12. The normalized spacial score (nSPS) is 14.0. The van der Waals surface area contributed by atoms with E-state index in [1.165, 1.54) is 12.8 Å². The predicted molar refractivity (Wildman–Crippen MR) is 99.5 cm³/mol. The largest absolute Gasteiger partial charge is 0.366 e. The van der Waals surface area contributed by atoms with Gasteiger partial charge in [0.1, 0.15) is 5.01 Å². The number of rotatable bonds is 5. The number of aryl methyl sites for hydroxylation is 1. The number of primary amides is 1. The van der Waals surface area contributed by atoms with Crippen LogP contribution in [-0.4, -0.2) is 20.4 Å². The van der Waals surface area contributed by atoms with Crippen LogP contribution in [-0.2, 0) is 6.54 Å². The van der Waals surface area contributed by atoms with Crippen molar-refractivity contribution >= 4 is 17.2 Å². The molecule has 25 heavy (non-hydrogen) atoms. The van der Waals surface area contributed by atoms with E-state index in [0.717, 1.165) is 39.9 Å². The van der Waals surface area contributed by atoms with E-state index in [0.29, 0.717) is 11.5 Å². The molecule has 0 spiro atoms. The molecule has 1 aliphatic rings. The third-order valence-corrected chi connectivity index (χ3v) is 5.59. The number of aromatic nitrogens is 3. The van der Waals surface area contributed by atoms with Crippen LogP contribution in [0.25, 0.3) is 22.0 Å². The van der Waals surface area contributed by atoms with Gasteiger partial charge in [0.05, 0.1) is 17.0 Å². The maximum atomic E-state index is 11.8. The molecular formula is C19H20N4OS. The van der Waals surface area contributed by atoms with Crippen LogP contribution >= 0.6 is 11.3 Å². The van der Waals surface area contributed by atoms with Crippen molar-refractivity contribution in [3.63, 3.8) is 0 Å². The summed E-state index contributed by atoms with van der Waals surface area (Å²) < 4.78 is 2.20. The second-order valence-corrected chi connectivity index (χ2v) is 7.53. The topological polar surface area (TPSA) is 73.8 Å². The fraction of sp³-hybridized carbons (Fsp3) is 0.316. The van der Waals surface area contributed by atoms with Gasteiger partial charge in [-0.25, -0.2) is 4.98 Å². The highest BCUT2D eigenvalue weighted by Crippen LogP contribution is 2.36. The molecule has 1 aliphatic carbocycles. The van der Waals surface area contributed by atoms with Crippen molar-refractivity contribution in [2.45, 2.75) is 33.2 Å². The van der Waals surface area contributed by atoms with E-state index in [2.05, 4.69) is 9.55 Å². The Balaban J connectivity index is 1.75. The molecule has 4 rings (SSSR count). The number of amides is 1. The Morgan fingerprint density at radius 2 is 2.16 bits per heavy atom. The highest BCUT2D eigenvalue weighted by atomic mass is 32.1. The van der Waals surface area contributed by atoms with Gasteiger partial charge in [0.25, 0.3) is 5.91 Å². The zero-order valence-corrected chi connectivity index (χ0v) is 15.1. The lowest BCUT2D eigenvalue weighted by Gasteiger charge is -2.09. The first-order valence-electron chi connectivity index (χ1n) is 8.42. The van der Waals surface area contributed by atoms with Gasteiger partial charge < -0.3 is 10.3 Å². The molecule has 2 N–H and O–H groups in total. The number of hydrogen-bond donors (Lipinski definition) is 1. The molecule has 0 aromatic carbocycles. The molecule has 0 radical (unpaired) electrons. The number of carbonyl (C=O) groups is 1. The van der Waals surface area contributed by atoms with Crippen molar-refractivity contribution in [2.75, 3.05) is 0 Å². The van der Waals surface area contributed by atoms with Crippen molar-refractivity contribution in [3.8, 4) is 22.0 Å². The molecule has 6 heteroatoms. The maximum Gasteiger partial charge on any atom is 0.250 e. The van der Waals surface area contributed by atoms with Crippen LogP contribution in [0.5, 0.6) is 0 Å². The average molecular weight is 352 g/mol. The summed E-state index contributed by atoms with van der Waals surface area (Å²) in [6.45, 7) is 4.85. The van der Waals surface area contributed by atoms with E-state index in [9.17, 15) is 4.79 Å². The summed E-state index contributed by atoms with van der Waals surface area (Å²) in [5.41, 5.74) is 10.9. The Bertz CT molecular complexity index is 935. The lowest BCUT2D eigenvalue weighted by molar-refractivity contribution is 0.0999. The second kappa shape index (κ2) is 6.11. The molecule has 3 heterocycles. The van der Waals surface area contributed by atoms with Crippen molar-refractivity contribution < 1.29 is 4.79 Å². The average Bonchev–Trinajstić information content (AvgIpc) is 3.17. The number of nitrogens with zero attached hydrogens (tertiary/aromatic N) is 3. The van der Waals surface area contributed by atoms with E-state index in [1.54, 1.807) is 11.3 Å².